The fourth-order valence-electron chi connectivity index (χ4n) is 1.91. The average Bonchev–Trinajstić information content (AvgIpc) is 2.47. The van der Waals surface area contributed by atoms with Crippen LogP contribution in [0.25, 0.3) is 0 Å². The molecule has 0 saturated heterocycles. The number of phenols is 2. The van der Waals surface area contributed by atoms with Gasteiger partial charge >= 0.3 is 0 Å². The number of methoxy groups -OCH3 is 1. The summed E-state index contributed by atoms with van der Waals surface area (Å²) in [4.78, 5) is 0. The number of aromatic hydroxyl groups is 2. The van der Waals surface area contributed by atoms with Gasteiger partial charge in [-0.3, -0.25) is 0 Å². The van der Waals surface area contributed by atoms with E-state index in [-0.39, 0.29) is 11.5 Å². The van der Waals surface area contributed by atoms with E-state index in [2.05, 4.69) is 0 Å². The summed E-state index contributed by atoms with van der Waals surface area (Å²) in [5.74, 6) is 0.463. The van der Waals surface area contributed by atoms with Crippen molar-refractivity contribution in [2.24, 2.45) is 0 Å². The van der Waals surface area contributed by atoms with Crippen molar-refractivity contribution >= 4 is 0 Å². The third-order valence-corrected chi connectivity index (χ3v) is 3.07. The van der Waals surface area contributed by atoms with Gasteiger partial charge in [-0.25, -0.2) is 0 Å². The summed E-state index contributed by atoms with van der Waals surface area (Å²) < 4.78 is 10.9. The lowest BCUT2D eigenvalue weighted by Crippen LogP contribution is -2.10. The quantitative estimate of drug-likeness (QED) is 0.821. The second-order valence-corrected chi connectivity index (χ2v) is 4.40. The summed E-state index contributed by atoms with van der Waals surface area (Å²) in [5.41, 5.74) is 1.56. The Morgan fingerprint density at radius 3 is 2.45 bits per heavy atom. The SMILES string of the molecule is CCc1ccc(O)c(OC(OC)c2ccccc2O)c1. The molecule has 0 fully saturated rings. The lowest BCUT2D eigenvalue weighted by atomic mass is 10.1. The van der Waals surface area contributed by atoms with Gasteiger partial charge in [-0.1, -0.05) is 25.1 Å². The standard InChI is InChI=1S/C16H18O4/c1-3-11-8-9-14(18)15(10-11)20-16(19-2)12-6-4-5-7-13(12)17/h4-10,16-18H,3H2,1-2H3. The molecule has 0 heterocycles. The molecular weight excluding hydrogens is 256 g/mol. The van der Waals surface area contributed by atoms with Gasteiger partial charge in [-0.15, -0.1) is 0 Å². The van der Waals surface area contributed by atoms with E-state index in [9.17, 15) is 10.2 Å². The topological polar surface area (TPSA) is 58.9 Å². The monoisotopic (exact) mass is 274 g/mol. The van der Waals surface area contributed by atoms with Crippen molar-refractivity contribution < 1.29 is 19.7 Å². The maximum Gasteiger partial charge on any atom is 0.230 e. The van der Waals surface area contributed by atoms with Crippen LogP contribution in [-0.4, -0.2) is 17.3 Å². The van der Waals surface area contributed by atoms with Crippen molar-refractivity contribution in [3.63, 3.8) is 0 Å². The summed E-state index contributed by atoms with van der Waals surface area (Å²) in [6.07, 6.45) is 0.0550. The van der Waals surface area contributed by atoms with E-state index in [0.717, 1.165) is 12.0 Å². The Balaban J connectivity index is 2.29. The lowest BCUT2D eigenvalue weighted by molar-refractivity contribution is -0.0586. The number of aryl methyl sites for hydroxylation is 1. The summed E-state index contributed by atoms with van der Waals surface area (Å²) in [7, 11) is 1.48. The lowest BCUT2D eigenvalue weighted by Gasteiger charge is -2.19. The molecule has 2 aromatic rings. The van der Waals surface area contributed by atoms with Crippen LogP contribution in [0.5, 0.6) is 17.2 Å². The van der Waals surface area contributed by atoms with E-state index in [0.29, 0.717) is 11.3 Å². The fraction of sp³-hybridized carbons (Fsp3) is 0.250. The van der Waals surface area contributed by atoms with E-state index < -0.39 is 6.29 Å². The van der Waals surface area contributed by atoms with E-state index in [1.807, 2.05) is 13.0 Å². The Morgan fingerprint density at radius 2 is 1.80 bits per heavy atom. The van der Waals surface area contributed by atoms with Crippen LogP contribution in [0.15, 0.2) is 42.5 Å². The fourth-order valence-corrected chi connectivity index (χ4v) is 1.91. The first-order chi connectivity index (χ1) is 9.65. The minimum atomic E-state index is -0.783. The molecule has 0 aromatic heterocycles. The Morgan fingerprint density at radius 1 is 1.05 bits per heavy atom. The highest BCUT2D eigenvalue weighted by Gasteiger charge is 2.18. The minimum Gasteiger partial charge on any atom is -0.507 e. The maximum absolute atomic E-state index is 9.85. The van der Waals surface area contributed by atoms with E-state index >= 15 is 0 Å². The zero-order valence-electron chi connectivity index (χ0n) is 11.5. The normalized spacial score (nSPS) is 12.1. The molecular formula is C16H18O4. The average molecular weight is 274 g/mol. The summed E-state index contributed by atoms with van der Waals surface area (Å²) in [6.45, 7) is 2.02. The highest BCUT2D eigenvalue weighted by molar-refractivity contribution is 5.43. The molecule has 0 aliphatic heterocycles. The number of phenolic OH excluding ortho intramolecular Hbond substituents is 2. The van der Waals surface area contributed by atoms with Crippen molar-refractivity contribution in [2.75, 3.05) is 7.11 Å². The van der Waals surface area contributed by atoms with Crippen LogP contribution in [0, 0.1) is 0 Å². The van der Waals surface area contributed by atoms with Gasteiger partial charge in [0.15, 0.2) is 11.5 Å². The van der Waals surface area contributed by atoms with Crippen LogP contribution in [0.1, 0.15) is 24.3 Å². The molecule has 1 atom stereocenters. The van der Waals surface area contributed by atoms with Gasteiger partial charge in [-0.2, -0.15) is 0 Å². The molecule has 106 valence electrons. The number of para-hydroxylation sites is 1. The molecule has 4 nitrogen and oxygen atoms in total. The first-order valence-corrected chi connectivity index (χ1v) is 6.45. The molecule has 4 heteroatoms. The molecule has 0 saturated carbocycles. The van der Waals surface area contributed by atoms with Crippen LogP contribution < -0.4 is 4.74 Å². The second kappa shape index (κ2) is 6.30. The van der Waals surface area contributed by atoms with Gasteiger partial charge in [0, 0.05) is 7.11 Å². The van der Waals surface area contributed by atoms with Gasteiger partial charge < -0.3 is 19.7 Å². The highest BCUT2D eigenvalue weighted by Crippen LogP contribution is 2.34. The molecule has 0 aliphatic carbocycles. The number of hydrogen-bond donors (Lipinski definition) is 2. The zero-order chi connectivity index (χ0) is 14.5. The maximum atomic E-state index is 9.85. The summed E-state index contributed by atoms with van der Waals surface area (Å²) >= 11 is 0. The molecule has 2 aromatic carbocycles. The van der Waals surface area contributed by atoms with Crippen LogP contribution in [0.3, 0.4) is 0 Å². The van der Waals surface area contributed by atoms with Gasteiger partial charge in [0.05, 0.1) is 5.56 Å². The first-order valence-electron chi connectivity index (χ1n) is 6.45. The van der Waals surface area contributed by atoms with Gasteiger partial charge in [0.2, 0.25) is 6.29 Å². The third-order valence-electron chi connectivity index (χ3n) is 3.07. The van der Waals surface area contributed by atoms with E-state index in [4.69, 9.17) is 9.47 Å². The molecule has 0 bridgehead atoms. The third kappa shape index (κ3) is 3.03. The van der Waals surface area contributed by atoms with Crippen LogP contribution >= 0.6 is 0 Å². The van der Waals surface area contributed by atoms with Gasteiger partial charge in [0.25, 0.3) is 0 Å². The predicted octanol–water partition coefficient (Wildman–Crippen LogP) is 3.38. The van der Waals surface area contributed by atoms with Crippen molar-refractivity contribution in [3.05, 3.63) is 53.6 Å². The molecule has 1 unspecified atom stereocenters. The summed E-state index contributed by atoms with van der Waals surface area (Å²) in [5, 5.41) is 19.7. The van der Waals surface area contributed by atoms with E-state index in [1.54, 1.807) is 36.4 Å². The van der Waals surface area contributed by atoms with Crippen molar-refractivity contribution in [2.45, 2.75) is 19.6 Å². The molecule has 0 amide bonds. The Bertz CT molecular complexity index is 580. The highest BCUT2D eigenvalue weighted by atomic mass is 16.7. The first kappa shape index (κ1) is 14.2. The number of ether oxygens (including phenoxy) is 2. The molecule has 0 aliphatic rings. The Labute approximate surface area is 118 Å². The Hall–Kier alpha value is -2.20. The molecule has 0 radical (unpaired) electrons. The van der Waals surface area contributed by atoms with Crippen LogP contribution in [0.2, 0.25) is 0 Å². The van der Waals surface area contributed by atoms with Crippen molar-refractivity contribution in [3.8, 4) is 17.2 Å². The second-order valence-electron chi connectivity index (χ2n) is 4.40. The van der Waals surface area contributed by atoms with Gasteiger partial charge in [0.1, 0.15) is 5.75 Å². The summed E-state index contributed by atoms with van der Waals surface area (Å²) in [6, 6.07) is 12.0. The molecule has 0 spiro atoms. The number of rotatable bonds is 5. The Kier molecular flexibility index (Phi) is 4.48. The van der Waals surface area contributed by atoms with E-state index in [1.165, 1.54) is 7.11 Å². The van der Waals surface area contributed by atoms with Crippen LogP contribution in [-0.2, 0) is 11.2 Å². The molecule has 2 N–H and O–H groups in total. The number of hydrogen-bond acceptors (Lipinski definition) is 4. The largest absolute Gasteiger partial charge is 0.507 e. The van der Waals surface area contributed by atoms with Crippen molar-refractivity contribution in [1.29, 1.82) is 0 Å². The number of benzene rings is 2. The predicted molar refractivity (Wildman–Crippen MR) is 76.0 cm³/mol. The van der Waals surface area contributed by atoms with Crippen LogP contribution in [0.4, 0.5) is 0 Å². The van der Waals surface area contributed by atoms with Gasteiger partial charge in [-0.05, 0) is 36.2 Å². The van der Waals surface area contributed by atoms with Crippen molar-refractivity contribution in [1.82, 2.24) is 0 Å². The minimum absolute atomic E-state index is 0.0414. The smallest absolute Gasteiger partial charge is 0.230 e. The molecule has 2 rings (SSSR count). The molecule has 20 heavy (non-hydrogen) atoms. The zero-order valence-corrected chi connectivity index (χ0v) is 11.5.